The lowest BCUT2D eigenvalue weighted by molar-refractivity contribution is -0.192. The first-order valence-electron chi connectivity index (χ1n) is 6.18. The van der Waals surface area contributed by atoms with E-state index in [1.54, 1.807) is 0 Å². The highest BCUT2D eigenvalue weighted by atomic mass is 35.5. The van der Waals surface area contributed by atoms with E-state index in [1.807, 2.05) is 24.3 Å². The van der Waals surface area contributed by atoms with Gasteiger partial charge in [0.1, 0.15) is 0 Å². The predicted octanol–water partition coefficient (Wildman–Crippen LogP) is 2.86. The second-order valence-corrected chi connectivity index (χ2v) is 5.76. The number of rotatable bonds is 3. The van der Waals surface area contributed by atoms with E-state index in [9.17, 15) is 9.90 Å². The molecule has 1 heterocycles. The zero-order chi connectivity index (χ0) is 12.8. The second-order valence-electron chi connectivity index (χ2n) is 5.33. The van der Waals surface area contributed by atoms with Gasteiger partial charge in [0.25, 0.3) is 0 Å². The average molecular weight is 267 g/mol. The molecule has 96 valence electrons. The van der Waals surface area contributed by atoms with Gasteiger partial charge >= 0.3 is 5.97 Å². The monoisotopic (exact) mass is 266 g/mol. The van der Waals surface area contributed by atoms with Gasteiger partial charge in [-0.05, 0) is 30.5 Å². The molecule has 1 aliphatic carbocycles. The lowest BCUT2D eigenvalue weighted by Gasteiger charge is -2.57. The number of carbonyl (C=O) groups is 1. The number of hydrogen-bond donors (Lipinski definition) is 1. The van der Waals surface area contributed by atoms with Crippen molar-refractivity contribution in [1.82, 2.24) is 0 Å². The first kappa shape index (κ1) is 12.0. The van der Waals surface area contributed by atoms with Crippen molar-refractivity contribution in [2.24, 2.45) is 5.41 Å². The van der Waals surface area contributed by atoms with Crippen molar-refractivity contribution in [2.45, 2.75) is 24.7 Å². The summed E-state index contributed by atoms with van der Waals surface area (Å²) in [6.07, 6.45) is 2.45. The minimum Gasteiger partial charge on any atom is -0.481 e. The lowest BCUT2D eigenvalue weighted by atomic mass is 9.50. The molecule has 0 spiro atoms. The number of aliphatic carboxylic acids is 1. The van der Waals surface area contributed by atoms with Gasteiger partial charge in [-0.25, -0.2) is 0 Å². The Hall–Kier alpha value is -1.06. The van der Waals surface area contributed by atoms with Crippen molar-refractivity contribution in [3.8, 4) is 0 Å². The third-order valence-corrected chi connectivity index (χ3v) is 4.84. The molecule has 18 heavy (non-hydrogen) atoms. The van der Waals surface area contributed by atoms with Crippen LogP contribution in [0.5, 0.6) is 0 Å². The van der Waals surface area contributed by atoms with Crippen molar-refractivity contribution in [2.75, 3.05) is 13.2 Å². The van der Waals surface area contributed by atoms with Crippen LogP contribution >= 0.6 is 11.6 Å². The molecular weight excluding hydrogens is 252 g/mol. The molecule has 1 aromatic carbocycles. The third-order valence-electron chi connectivity index (χ3n) is 4.61. The van der Waals surface area contributed by atoms with Gasteiger partial charge in [0, 0.05) is 5.02 Å². The van der Waals surface area contributed by atoms with Crippen LogP contribution < -0.4 is 0 Å². The summed E-state index contributed by atoms with van der Waals surface area (Å²) in [4.78, 5) is 11.7. The molecule has 0 bridgehead atoms. The van der Waals surface area contributed by atoms with E-state index in [4.69, 9.17) is 16.3 Å². The Kier molecular flexibility index (Phi) is 2.65. The summed E-state index contributed by atoms with van der Waals surface area (Å²) >= 11 is 6.03. The zero-order valence-electron chi connectivity index (χ0n) is 9.99. The SMILES string of the molecule is O=C(O)C1(C2(c3cccc(Cl)c3)COC2)CCC1. The highest BCUT2D eigenvalue weighted by molar-refractivity contribution is 6.30. The molecule has 3 rings (SSSR count). The summed E-state index contributed by atoms with van der Waals surface area (Å²) in [5.74, 6) is -0.697. The first-order chi connectivity index (χ1) is 8.61. The van der Waals surface area contributed by atoms with Crippen molar-refractivity contribution >= 4 is 17.6 Å². The van der Waals surface area contributed by atoms with E-state index in [0.29, 0.717) is 18.2 Å². The van der Waals surface area contributed by atoms with E-state index >= 15 is 0 Å². The molecule has 0 amide bonds. The number of benzene rings is 1. The Morgan fingerprint density at radius 2 is 2.06 bits per heavy atom. The Bertz CT molecular complexity index is 490. The fourth-order valence-electron chi connectivity index (χ4n) is 3.24. The largest absolute Gasteiger partial charge is 0.481 e. The molecule has 0 radical (unpaired) electrons. The molecular formula is C14H15ClO3. The Labute approximate surface area is 111 Å². The number of carboxylic acid groups (broad SMARTS) is 1. The maximum Gasteiger partial charge on any atom is 0.310 e. The molecule has 1 saturated carbocycles. The molecule has 2 aliphatic rings. The Morgan fingerprint density at radius 3 is 2.44 bits per heavy atom. The van der Waals surface area contributed by atoms with Gasteiger partial charge in [-0.1, -0.05) is 30.2 Å². The highest BCUT2D eigenvalue weighted by Gasteiger charge is 2.64. The van der Waals surface area contributed by atoms with Crippen molar-refractivity contribution in [1.29, 1.82) is 0 Å². The minimum absolute atomic E-state index is 0.387. The topological polar surface area (TPSA) is 46.5 Å². The molecule has 2 fully saturated rings. The van der Waals surface area contributed by atoms with Gasteiger partial charge in [0.15, 0.2) is 0 Å². The van der Waals surface area contributed by atoms with Gasteiger partial charge in [0.05, 0.1) is 24.0 Å². The van der Waals surface area contributed by atoms with E-state index in [0.717, 1.165) is 24.8 Å². The molecule has 4 heteroatoms. The van der Waals surface area contributed by atoms with Crippen molar-refractivity contribution in [3.63, 3.8) is 0 Å². The van der Waals surface area contributed by atoms with E-state index in [2.05, 4.69) is 0 Å². The van der Waals surface area contributed by atoms with Crippen LogP contribution in [0.15, 0.2) is 24.3 Å². The van der Waals surface area contributed by atoms with Gasteiger partial charge in [-0.2, -0.15) is 0 Å². The van der Waals surface area contributed by atoms with Crippen LogP contribution in [-0.4, -0.2) is 24.3 Å². The number of ether oxygens (including phenoxy) is 1. The summed E-state index contributed by atoms with van der Waals surface area (Å²) in [5, 5.41) is 10.3. The summed E-state index contributed by atoms with van der Waals surface area (Å²) < 4.78 is 5.36. The van der Waals surface area contributed by atoms with Gasteiger partial charge in [-0.3, -0.25) is 4.79 Å². The van der Waals surface area contributed by atoms with Crippen LogP contribution in [0.4, 0.5) is 0 Å². The maximum absolute atomic E-state index is 11.7. The lowest BCUT2D eigenvalue weighted by Crippen LogP contribution is -2.64. The highest BCUT2D eigenvalue weighted by Crippen LogP contribution is 2.58. The first-order valence-corrected chi connectivity index (χ1v) is 6.56. The van der Waals surface area contributed by atoms with Crippen LogP contribution in [0, 0.1) is 5.41 Å². The number of hydrogen-bond acceptors (Lipinski definition) is 2. The van der Waals surface area contributed by atoms with Crippen LogP contribution in [0.25, 0.3) is 0 Å². The molecule has 0 aromatic heterocycles. The number of carboxylic acids is 1. The smallest absolute Gasteiger partial charge is 0.310 e. The minimum atomic E-state index is -0.697. The molecule has 1 aromatic rings. The normalized spacial score (nSPS) is 23.8. The fraction of sp³-hybridized carbons (Fsp3) is 0.500. The molecule has 1 saturated heterocycles. The van der Waals surface area contributed by atoms with Crippen molar-refractivity contribution in [3.05, 3.63) is 34.9 Å². The molecule has 3 nitrogen and oxygen atoms in total. The Morgan fingerprint density at radius 1 is 1.33 bits per heavy atom. The molecule has 0 atom stereocenters. The number of halogens is 1. The Balaban J connectivity index is 2.07. The molecule has 1 aliphatic heterocycles. The third kappa shape index (κ3) is 1.38. The van der Waals surface area contributed by atoms with Crippen molar-refractivity contribution < 1.29 is 14.6 Å². The van der Waals surface area contributed by atoms with E-state index in [1.165, 1.54) is 0 Å². The van der Waals surface area contributed by atoms with Gasteiger partial charge in [-0.15, -0.1) is 0 Å². The zero-order valence-corrected chi connectivity index (χ0v) is 10.7. The summed E-state index contributed by atoms with van der Waals surface area (Å²) in [5.41, 5.74) is -0.0406. The van der Waals surface area contributed by atoms with Crippen LogP contribution in [0.1, 0.15) is 24.8 Å². The fourth-order valence-corrected chi connectivity index (χ4v) is 3.43. The van der Waals surface area contributed by atoms with Crippen LogP contribution in [0.3, 0.4) is 0 Å². The van der Waals surface area contributed by atoms with E-state index < -0.39 is 11.4 Å². The predicted molar refractivity (Wildman–Crippen MR) is 67.9 cm³/mol. The van der Waals surface area contributed by atoms with Crippen LogP contribution in [-0.2, 0) is 14.9 Å². The summed E-state index contributed by atoms with van der Waals surface area (Å²) in [6, 6.07) is 7.54. The van der Waals surface area contributed by atoms with Crippen LogP contribution in [0.2, 0.25) is 5.02 Å². The summed E-state index contributed by atoms with van der Waals surface area (Å²) in [6.45, 7) is 0.972. The van der Waals surface area contributed by atoms with E-state index in [-0.39, 0.29) is 5.41 Å². The quantitative estimate of drug-likeness (QED) is 0.915. The average Bonchev–Trinajstić information content (AvgIpc) is 2.19. The summed E-state index contributed by atoms with van der Waals surface area (Å²) in [7, 11) is 0. The van der Waals surface area contributed by atoms with Gasteiger partial charge < -0.3 is 9.84 Å². The second kappa shape index (κ2) is 3.97. The molecule has 1 N–H and O–H groups in total. The standard InChI is InChI=1S/C14H15ClO3/c15-11-4-1-3-10(7-11)14(8-18-9-14)13(12(16)17)5-2-6-13/h1,3-4,7H,2,5-6,8-9H2,(H,16,17). The van der Waals surface area contributed by atoms with Gasteiger partial charge in [0.2, 0.25) is 0 Å². The molecule has 0 unspecified atom stereocenters. The maximum atomic E-state index is 11.7.